The van der Waals surface area contributed by atoms with Crippen molar-refractivity contribution in [3.05, 3.63) is 41.0 Å². The van der Waals surface area contributed by atoms with E-state index >= 15 is 0 Å². The molecule has 0 amide bonds. The van der Waals surface area contributed by atoms with Gasteiger partial charge in [-0.3, -0.25) is 0 Å². The largest absolute Gasteiger partial charge is 0.508 e. The summed E-state index contributed by atoms with van der Waals surface area (Å²) >= 11 is 0. The summed E-state index contributed by atoms with van der Waals surface area (Å²) in [6, 6.07) is 5.91. The number of hydrogen-bond acceptors (Lipinski definition) is 1. The summed E-state index contributed by atoms with van der Waals surface area (Å²) < 4.78 is 0. The highest BCUT2D eigenvalue weighted by molar-refractivity contribution is 5.39. The molecule has 0 unspecified atom stereocenters. The molecule has 17 heavy (non-hydrogen) atoms. The lowest BCUT2D eigenvalue weighted by Crippen LogP contribution is -2.11. The lowest BCUT2D eigenvalue weighted by atomic mass is 9.85. The van der Waals surface area contributed by atoms with Gasteiger partial charge < -0.3 is 5.11 Å². The van der Waals surface area contributed by atoms with Crippen molar-refractivity contribution in [2.45, 2.75) is 53.9 Å². The molecule has 1 aromatic rings. The van der Waals surface area contributed by atoms with E-state index in [1.807, 2.05) is 6.07 Å². The van der Waals surface area contributed by atoms with Crippen molar-refractivity contribution < 1.29 is 5.11 Å². The number of phenolic OH excluding ortho intramolecular Hbond substituents is 1. The van der Waals surface area contributed by atoms with Gasteiger partial charge in [0.2, 0.25) is 0 Å². The van der Waals surface area contributed by atoms with Gasteiger partial charge in [0.05, 0.1) is 0 Å². The second kappa shape index (κ2) is 5.90. The molecule has 0 atom stereocenters. The zero-order valence-corrected chi connectivity index (χ0v) is 11.0. The molecule has 1 nitrogen and oxygen atoms in total. The van der Waals surface area contributed by atoms with Crippen LogP contribution in [-0.4, -0.2) is 5.11 Å². The third kappa shape index (κ3) is 4.64. The maximum absolute atomic E-state index is 9.78. The Balaban J connectivity index is 0.00000256. The standard InChI is InChI=1S/C15H22O.CH4/c1-11(2)6-7-12-10-13(15(3,4)5)8-9-14(12)16;/h6,8-10,16H,7H2,1-5H3;1H4. The minimum absolute atomic E-state index is 0. The van der Waals surface area contributed by atoms with Crippen LogP contribution in [0.2, 0.25) is 0 Å². The molecule has 1 heteroatoms. The lowest BCUT2D eigenvalue weighted by Gasteiger charge is -2.20. The fourth-order valence-electron chi connectivity index (χ4n) is 1.53. The lowest BCUT2D eigenvalue weighted by molar-refractivity contribution is 0.468. The molecule has 0 radical (unpaired) electrons. The highest BCUT2D eigenvalue weighted by Gasteiger charge is 2.14. The van der Waals surface area contributed by atoms with Crippen LogP contribution in [0.15, 0.2) is 29.8 Å². The van der Waals surface area contributed by atoms with E-state index in [1.165, 1.54) is 11.1 Å². The van der Waals surface area contributed by atoms with Crippen molar-refractivity contribution in [3.8, 4) is 5.75 Å². The predicted octanol–water partition coefficient (Wildman–Crippen LogP) is 4.83. The summed E-state index contributed by atoms with van der Waals surface area (Å²) in [5.41, 5.74) is 3.68. The number of allylic oxidation sites excluding steroid dienone is 2. The molecule has 1 aromatic carbocycles. The Morgan fingerprint density at radius 2 is 1.82 bits per heavy atom. The fraction of sp³-hybridized carbons (Fsp3) is 0.500. The molecular formula is C16H26O. The maximum atomic E-state index is 9.78. The van der Waals surface area contributed by atoms with Gasteiger partial charge in [0.15, 0.2) is 0 Å². The van der Waals surface area contributed by atoms with Crippen molar-refractivity contribution >= 4 is 0 Å². The quantitative estimate of drug-likeness (QED) is 0.726. The molecule has 0 aliphatic carbocycles. The third-order valence-corrected chi connectivity index (χ3v) is 2.68. The van der Waals surface area contributed by atoms with E-state index < -0.39 is 0 Å². The van der Waals surface area contributed by atoms with Crippen LogP contribution in [0.5, 0.6) is 5.75 Å². The molecule has 0 aliphatic rings. The zero-order chi connectivity index (χ0) is 12.3. The number of benzene rings is 1. The van der Waals surface area contributed by atoms with E-state index in [-0.39, 0.29) is 12.8 Å². The summed E-state index contributed by atoms with van der Waals surface area (Å²) in [6.45, 7) is 10.7. The van der Waals surface area contributed by atoms with Gasteiger partial charge >= 0.3 is 0 Å². The smallest absolute Gasteiger partial charge is 0.119 e. The first-order chi connectivity index (χ1) is 7.30. The topological polar surface area (TPSA) is 20.2 Å². The Bertz CT molecular complexity index is 390. The highest BCUT2D eigenvalue weighted by Crippen LogP contribution is 2.27. The van der Waals surface area contributed by atoms with Crippen LogP contribution in [0.1, 0.15) is 53.2 Å². The van der Waals surface area contributed by atoms with E-state index in [9.17, 15) is 5.11 Å². The molecule has 0 heterocycles. The minimum Gasteiger partial charge on any atom is -0.508 e. The molecule has 1 N–H and O–H groups in total. The molecular weight excluding hydrogens is 208 g/mol. The summed E-state index contributed by atoms with van der Waals surface area (Å²) in [4.78, 5) is 0. The van der Waals surface area contributed by atoms with E-state index in [0.717, 1.165) is 12.0 Å². The first kappa shape index (κ1) is 15.8. The predicted molar refractivity (Wildman–Crippen MR) is 76.7 cm³/mol. The molecule has 0 aromatic heterocycles. The van der Waals surface area contributed by atoms with Crippen molar-refractivity contribution in [2.75, 3.05) is 0 Å². The number of aromatic hydroxyl groups is 1. The molecule has 0 spiro atoms. The van der Waals surface area contributed by atoms with Gasteiger partial charge in [-0.05, 0) is 42.9 Å². The van der Waals surface area contributed by atoms with Gasteiger partial charge in [-0.15, -0.1) is 0 Å². The molecule has 1 rings (SSSR count). The van der Waals surface area contributed by atoms with Gasteiger partial charge in [0.25, 0.3) is 0 Å². The first-order valence-electron chi connectivity index (χ1n) is 5.76. The van der Waals surface area contributed by atoms with Gasteiger partial charge in [-0.2, -0.15) is 0 Å². The van der Waals surface area contributed by atoms with E-state index in [0.29, 0.717) is 5.75 Å². The van der Waals surface area contributed by atoms with Crippen LogP contribution in [0, 0.1) is 0 Å². The van der Waals surface area contributed by atoms with Crippen molar-refractivity contribution in [1.82, 2.24) is 0 Å². The van der Waals surface area contributed by atoms with Crippen LogP contribution in [-0.2, 0) is 11.8 Å². The Morgan fingerprint density at radius 3 is 2.29 bits per heavy atom. The van der Waals surface area contributed by atoms with Gasteiger partial charge in [0.1, 0.15) is 5.75 Å². The van der Waals surface area contributed by atoms with Gasteiger partial charge in [0, 0.05) is 0 Å². The maximum Gasteiger partial charge on any atom is 0.119 e. The zero-order valence-electron chi connectivity index (χ0n) is 11.0. The SMILES string of the molecule is C.CC(C)=CCc1cc(C(C)(C)C)ccc1O. The van der Waals surface area contributed by atoms with E-state index in [4.69, 9.17) is 0 Å². The fourth-order valence-corrected chi connectivity index (χ4v) is 1.53. The molecule has 96 valence electrons. The monoisotopic (exact) mass is 234 g/mol. The number of phenols is 1. The van der Waals surface area contributed by atoms with Crippen LogP contribution >= 0.6 is 0 Å². The van der Waals surface area contributed by atoms with Crippen LogP contribution in [0.4, 0.5) is 0 Å². The highest BCUT2D eigenvalue weighted by atomic mass is 16.3. The van der Waals surface area contributed by atoms with Crippen LogP contribution in [0.25, 0.3) is 0 Å². The number of rotatable bonds is 2. The Labute approximate surface area is 106 Å². The van der Waals surface area contributed by atoms with Crippen molar-refractivity contribution in [3.63, 3.8) is 0 Å². The van der Waals surface area contributed by atoms with Gasteiger partial charge in [-0.25, -0.2) is 0 Å². The summed E-state index contributed by atoms with van der Waals surface area (Å²) in [5, 5.41) is 9.78. The molecule has 0 bridgehead atoms. The minimum atomic E-state index is 0. The molecule has 0 saturated heterocycles. The summed E-state index contributed by atoms with van der Waals surface area (Å²) in [5.74, 6) is 0.394. The Kier molecular flexibility index (Phi) is 5.47. The first-order valence-corrected chi connectivity index (χ1v) is 5.76. The average Bonchev–Trinajstić information content (AvgIpc) is 2.14. The number of hydrogen-bond donors (Lipinski definition) is 1. The second-order valence-corrected chi connectivity index (χ2v) is 5.58. The van der Waals surface area contributed by atoms with Crippen LogP contribution < -0.4 is 0 Å². The Hall–Kier alpha value is -1.24. The van der Waals surface area contributed by atoms with Gasteiger partial charge in [-0.1, -0.05) is 52.0 Å². The van der Waals surface area contributed by atoms with Crippen LogP contribution in [0.3, 0.4) is 0 Å². The van der Waals surface area contributed by atoms with E-state index in [2.05, 4.69) is 46.8 Å². The van der Waals surface area contributed by atoms with Crippen molar-refractivity contribution in [1.29, 1.82) is 0 Å². The molecule has 0 fully saturated rings. The Morgan fingerprint density at radius 1 is 1.24 bits per heavy atom. The van der Waals surface area contributed by atoms with Crippen molar-refractivity contribution in [2.24, 2.45) is 0 Å². The second-order valence-electron chi connectivity index (χ2n) is 5.58. The third-order valence-electron chi connectivity index (χ3n) is 2.68. The average molecular weight is 234 g/mol. The molecule has 0 saturated carbocycles. The summed E-state index contributed by atoms with van der Waals surface area (Å²) in [6.07, 6.45) is 2.94. The molecule has 0 aliphatic heterocycles. The van der Waals surface area contributed by atoms with E-state index in [1.54, 1.807) is 6.07 Å². The summed E-state index contributed by atoms with van der Waals surface area (Å²) in [7, 11) is 0. The normalized spacial score (nSPS) is 10.6.